The van der Waals surface area contributed by atoms with E-state index in [1.165, 1.54) is 0 Å². The highest BCUT2D eigenvalue weighted by atomic mass is 16.5. The zero-order valence-electron chi connectivity index (χ0n) is 22.9. The van der Waals surface area contributed by atoms with Gasteiger partial charge < -0.3 is 29.8 Å². The van der Waals surface area contributed by atoms with E-state index < -0.39 is 12.2 Å². The molecular weight excluding hydrogens is 512 g/mol. The minimum absolute atomic E-state index is 0.0148. The summed E-state index contributed by atoms with van der Waals surface area (Å²) in [6.45, 7) is 4.50. The zero-order chi connectivity index (χ0) is 28.3. The van der Waals surface area contributed by atoms with Crippen molar-refractivity contribution in [1.29, 1.82) is 0 Å². The lowest BCUT2D eigenvalue weighted by Gasteiger charge is -2.22. The fourth-order valence-electron chi connectivity index (χ4n) is 4.29. The van der Waals surface area contributed by atoms with Gasteiger partial charge in [-0.25, -0.2) is 4.79 Å². The maximum Gasteiger partial charge on any atom is 0.325 e. The van der Waals surface area contributed by atoms with Gasteiger partial charge in [-0.15, -0.1) is 0 Å². The number of aliphatic carboxylic acids is 1. The molecular formula is C29H36N6O5. The average Bonchev–Trinajstić information content (AvgIpc) is 3.31. The summed E-state index contributed by atoms with van der Waals surface area (Å²) in [5, 5.41) is 12.4. The maximum atomic E-state index is 12.0. The molecule has 2 aromatic carbocycles. The van der Waals surface area contributed by atoms with E-state index in [0.29, 0.717) is 36.7 Å². The van der Waals surface area contributed by atoms with Gasteiger partial charge >= 0.3 is 17.7 Å². The first kappa shape index (κ1) is 28.8. The number of fused-ring (bicyclic) bond motifs is 1. The predicted molar refractivity (Wildman–Crippen MR) is 152 cm³/mol. The number of nitrogens with one attached hydrogen (secondary N) is 3. The molecule has 0 aliphatic heterocycles. The van der Waals surface area contributed by atoms with Crippen LogP contribution in [0.3, 0.4) is 0 Å². The third-order valence-electron chi connectivity index (χ3n) is 6.23. The van der Waals surface area contributed by atoms with E-state index in [0.717, 1.165) is 42.5 Å². The SMILES string of the molecule is CCCCOc1nc(NC(OCCCN(C)Cc2cccc(CC(=O)O)c2)c2ccccc2)c2[nH]c(=O)[nH]c2n1. The maximum absolute atomic E-state index is 12.0. The van der Waals surface area contributed by atoms with Crippen LogP contribution in [0, 0.1) is 0 Å². The van der Waals surface area contributed by atoms with Crippen LogP contribution in [0.4, 0.5) is 5.82 Å². The monoisotopic (exact) mass is 548 g/mol. The molecule has 0 aliphatic carbocycles. The molecule has 40 heavy (non-hydrogen) atoms. The van der Waals surface area contributed by atoms with Crippen molar-refractivity contribution >= 4 is 23.0 Å². The second-order valence-corrected chi connectivity index (χ2v) is 9.65. The van der Waals surface area contributed by atoms with Crippen molar-refractivity contribution in [2.24, 2.45) is 0 Å². The number of H-pyrrole nitrogens is 2. The number of anilines is 1. The Morgan fingerprint density at radius 1 is 1.05 bits per heavy atom. The number of carboxylic acid groups (broad SMARTS) is 1. The van der Waals surface area contributed by atoms with Gasteiger partial charge in [0.05, 0.1) is 19.6 Å². The van der Waals surface area contributed by atoms with E-state index in [-0.39, 0.29) is 18.1 Å². The first-order valence-corrected chi connectivity index (χ1v) is 13.5. The number of unbranched alkanes of at least 4 members (excludes halogenated alkanes) is 1. The molecule has 0 aliphatic rings. The number of hydrogen-bond acceptors (Lipinski definition) is 8. The van der Waals surface area contributed by atoms with Crippen LogP contribution in [0.2, 0.25) is 0 Å². The number of rotatable bonds is 16. The highest BCUT2D eigenvalue weighted by Gasteiger charge is 2.18. The van der Waals surface area contributed by atoms with Gasteiger partial charge in [0, 0.05) is 18.7 Å². The minimum Gasteiger partial charge on any atom is -0.481 e. The molecule has 0 spiro atoms. The van der Waals surface area contributed by atoms with Crippen molar-refractivity contribution in [2.75, 3.05) is 32.1 Å². The third kappa shape index (κ3) is 8.39. The molecule has 0 amide bonds. The lowest BCUT2D eigenvalue weighted by Crippen LogP contribution is -2.22. The van der Waals surface area contributed by atoms with Crippen molar-refractivity contribution < 1.29 is 19.4 Å². The summed E-state index contributed by atoms with van der Waals surface area (Å²) in [6, 6.07) is 17.6. The zero-order valence-corrected chi connectivity index (χ0v) is 22.9. The highest BCUT2D eigenvalue weighted by molar-refractivity contribution is 5.82. The number of benzene rings is 2. The lowest BCUT2D eigenvalue weighted by molar-refractivity contribution is -0.136. The molecule has 2 aromatic heterocycles. The smallest absolute Gasteiger partial charge is 0.325 e. The molecule has 0 fully saturated rings. The molecule has 4 aromatic rings. The van der Waals surface area contributed by atoms with Crippen LogP contribution < -0.4 is 15.7 Å². The van der Waals surface area contributed by atoms with Crippen LogP contribution in [-0.2, 0) is 22.5 Å². The quantitative estimate of drug-likeness (QED) is 0.120. The number of ether oxygens (including phenoxy) is 2. The number of aromatic nitrogens is 4. The molecule has 0 bridgehead atoms. The molecule has 11 nitrogen and oxygen atoms in total. The van der Waals surface area contributed by atoms with Gasteiger partial charge in [-0.05, 0) is 31.0 Å². The van der Waals surface area contributed by atoms with E-state index in [1.54, 1.807) is 0 Å². The van der Waals surface area contributed by atoms with Gasteiger partial charge in [-0.1, -0.05) is 67.9 Å². The summed E-state index contributed by atoms with van der Waals surface area (Å²) in [5.41, 5.74) is 3.18. The molecule has 0 saturated heterocycles. The Bertz CT molecular complexity index is 1440. The van der Waals surface area contributed by atoms with Crippen LogP contribution in [0.15, 0.2) is 59.4 Å². The summed E-state index contributed by atoms with van der Waals surface area (Å²) in [5.74, 6) is -0.433. The highest BCUT2D eigenvalue weighted by Crippen LogP contribution is 2.25. The van der Waals surface area contributed by atoms with E-state index in [1.807, 2.05) is 61.6 Å². The molecule has 0 radical (unpaired) electrons. The number of carbonyl (C=O) groups is 1. The van der Waals surface area contributed by atoms with Crippen LogP contribution in [0.25, 0.3) is 11.2 Å². The van der Waals surface area contributed by atoms with Gasteiger partial charge in [0.1, 0.15) is 5.52 Å². The van der Waals surface area contributed by atoms with Crippen LogP contribution in [-0.4, -0.2) is 62.7 Å². The molecule has 4 rings (SSSR count). The number of imidazole rings is 1. The standard InChI is InChI=1S/C29H36N6O5/c1-3-4-15-40-29-33-25(24-26(34-29)32-28(38)30-24)31-27(22-12-6-5-7-13-22)39-16-9-14-35(2)19-21-11-8-10-20(17-21)18-23(36)37/h5-8,10-13,17,27H,3-4,9,14-16,18-19H2,1-2H3,(H,36,37)(H3,30,31,32,33,34,38). The summed E-state index contributed by atoms with van der Waals surface area (Å²) in [7, 11) is 2.02. The molecule has 0 saturated carbocycles. The number of aromatic amines is 2. The van der Waals surface area contributed by atoms with Crippen LogP contribution in [0.1, 0.15) is 49.1 Å². The Kier molecular flexibility index (Phi) is 10.3. The first-order valence-electron chi connectivity index (χ1n) is 13.5. The average molecular weight is 549 g/mol. The second kappa shape index (κ2) is 14.2. The van der Waals surface area contributed by atoms with Crippen molar-refractivity contribution in [3.63, 3.8) is 0 Å². The Morgan fingerprint density at radius 3 is 2.62 bits per heavy atom. The van der Waals surface area contributed by atoms with Gasteiger partial charge in [-0.2, -0.15) is 9.97 Å². The fraction of sp³-hybridized carbons (Fsp3) is 0.379. The lowest BCUT2D eigenvalue weighted by atomic mass is 10.1. The van der Waals surface area contributed by atoms with E-state index in [2.05, 4.69) is 37.1 Å². The Morgan fingerprint density at radius 2 is 1.85 bits per heavy atom. The Labute approximate surface area is 232 Å². The first-order chi connectivity index (χ1) is 19.4. The number of carboxylic acids is 1. The van der Waals surface area contributed by atoms with Crippen molar-refractivity contribution in [2.45, 2.75) is 45.4 Å². The third-order valence-corrected chi connectivity index (χ3v) is 6.23. The minimum atomic E-state index is -0.838. The van der Waals surface area contributed by atoms with E-state index >= 15 is 0 Å². The fourth-order valence-corrected chi connectivity index (χ4v) is 4.29. The topological polar surface area (TPSA) is 145 Å². The molecule has 2 heterocycles. The van der Waals surface area contributed by atoms with Gasteiger partial charge in [-0.3, -0.25) is 9.78 Å². The number of hydrogen-bond donors (Lipinski definition) is 4. The Balaban J connectivity index is 1.40. The van der Waals surface area contributed by atoms with Crippen LogP contribution in [0.5, 0.6) is 6.01 Å². The van der Waals surface area contributed by atoms with Crippen molar-refractivity contribution in [3.05, 3.63) is 81.8 Å². The summed E-state index contributed by atoms with van der Waals surface area (Å²) >= 11 is 0. The van der Waals surface area contributed by atoms with Crippen molar-refractivity contribution in [1.82, 2.24) is 24.8 Å². The summed E-state index contributed by atoms with van der Waals surface area (Å²) in [6.07, 6.45) is 2.10. The molecule has 1 atom stereocenters. The van der Waals surface area contributed by atoms with Gasteiger partial charge in [0.2, 0.25) is 0 Å². The largest absolute Gasteiger partial charge is 0.481 e. The number of nitrogens with zero attached hydrogens (tertiary/aromatic N) is 3. The Hall–Kier alpha value is -4.22. The van der Waals surface area contributed by atoms with Gasteiger partial charge in [0.25, 0.3) is 0 Å². The predicted octanol–water partition coefficient (Wildman–Crippen LogP) is 4.10. The summed E-state index contributed by atoms with van der Waals surface area (Å²) in [4.78, 5) is 39.5. The van der Waals surface area contributed by atoms with Gasteiger partial charge in [0.15, 0.2) is 17.7 Å². The molecule has 11 heteroatoms. The van der Waals surface area contributed by atoms with Crippen molar-refractivity contribution in [3.8, 4) is 6.01 Å². The van der Waals surface area contributed by atoms with E-state index in [9.17, 15) is 9.59 Å². The molecule has 4 N–H and O–H groups in total. The van der Waals surface area contributed by atoms with Crippen LogP contribution >= 0.6 is 0 Å². The molecule has 212 valence electrons. The second-order valence-electron chi connectivity index (χ2n) is 9.65. The normalized spacial score (nSPS) is 12.1. The molecule has 1 unspecified atom stereocenters. The summed E-state index contributed by atoms with van der Waals surface area (Å²) < 4.78 is 12.0. The van der Waals surface area contributed by atoms with E-state index in [4.69, 9.17) is 14.6 Å².